The van der Waals surface area contributed by atoms with Crippen LogP contribution in [0.25, 0.3) is 0 Å². The fourth-order valence-corrected chi connectivity index (χ4v) is 1.98. The minimum absolute atomic E-state index is 0.302. The number of thiocarbonyl (C=S) groups is 1. The Labute approximate surface area is 103 Å². The Balaban J connectivity index is 2.14. The Morgan fingerprint density at radius 1 is 1.50 bits per heavy atom. The molecule has 0 radical (unpaired) electrons. The lowest BCUT2D eigenvalue weighted by Gasteiger charge is -2.02. The average Bonchev–Trinajstić information content (AvgIpc) is 2.65. The molecule has 2 aromatic heterocycles. The number of rotatable bonds is 3. The van der Waals surface area contributed by atoms with Crippen molar-refractivity contribution in [2.75, 3.05) is 5.32 Å². The highest BCUT2D eigenvalue weighted by molar-refractivity contribution is 7.80. The Kier molecular flexibility index (Phi) is 3.12. The molecule has 2 heterocycles. The van der Waals surface area contributed by atoms with Gasteiger partial charge in [0.2, 0.25) is 0 Å². The number of thiazole rings is 1. The highest BCUT2D eigenvalue weighted by Crippen LogP contribution is 2.19. The van der Waals surface area contributed by atoms with Gasteiger partial charge in [0.25, 0.3) is 0 Å². The van der Waals surface area contributed by atoms with Crippen LogP contribution < -0.4 is 11.1 Å². The first kappa shape index (κ1) is 11.0. The van der Waals surface area contributed by atoms with Crippen LogP contribution >= 0.6 is 23.6 Å². The summed E-state index contributed by atoms with van der Waals surface area (Å²) < 4.78 is 0. The molecular formula is C10H10N4S2. The van der Waals surface area contributed by atoms with Crippen LogP contribution in [0.15, 0.2) is 23.7 Å². The second kappa shape index (κ2) is 4.54. The number of aryl methyl sites for hydroxylation is 1. The lowest BCUT2D eigenvalue weighted by molar-refractivity contribution is 1.25. The zero-order valence-corrected chi connectivity index (χ0v) is 10.2. The molecule has 0 bridgehead atoms. The van der Waals surface area contributed by atoms with Crippen molar-refractivity contribution < 1.29 is 0 Å². The Morgan fingerprint density at radius 2 is 2.31 bits per heavy atom. The summed E-state index contributed by atoms with van der Waals surface area (Å²) in [7, 11) is 0. The number of nitrogens with zero attached hydrogens (tertiary/aromatic N) is 2. The van der Waals surface area contributed by atoms with Crippen LogP contribution in [-0.4, -0.2) is 15.0 Å². The number of anilines is 2. The molecule has 0 amide bonds. The summed E-state index contributed by atoms with van der Waals surface area (Å²) >= 11 is 6.38. The van der Waals surface area contributed by atoms with Gasteiger partial charge in [0.05, 0.1) is 23.3 Å². The number of pyridine rings is 1. The van der Waals surface area contributed by atoms with Crippen LogP contribution in [0.1, 0.15) is 11.4 Å². The van der Waals surface area contributed by atoms with E-state index in [4.69, 9.17) is 18.0 Å². The monoisotopic (exact) mass is 250 g/mol. The van der Waals surface area contributed by atoms with E-state index in [1.165, 1.54) is 0 Å². The number of hydrogen-bond acceptors (Lipinski definition) is 5. The van der Waals surface area contributed by atoms with Crippen molar-refractivity contribution in [1.29, 1.82) is 0 Å². The molecule has 0 saturated carbocycles. The third-order valence-corrected chi connectivity index (χ3v) is 2.97. The van der Waals surface area contributed by atoms with E-state index in [0.717, 1.165) is 16.5 Å². The van der Waals surface area contributed by atoms with Crippen molar-refractivity contribution in [2.45, 2.75) is 6.92 Å². The van der Waals surface area contributed by atoms with E-state index < -0.39 is 0 Å². The Hall–Kier alpha value is -1.53. The third kappa shape index (κ3) is 2.53. The molecule has 2 rings (SSSR count). The topological polar surface area (TPSA) is 63.8 Å². The van der Waals surface area contributed by atoms with E-state index in [1.807, 2.05) is 18.4 Å². The van der Waals surface area contributed by atoms with E-state index in [0.29, 0.717) is 10.7 Å². The minimum Gasteiger partial charge on any atom is -0.388 e. The maximum Gasteiger partial charge on any atom is 0.187 e. The first-order valence-electron chi connectivity index (χ1n) is 4.60. The van der Waals surface area contributed by atoms with Gasteiger partial charge in [-0.15, -0.1) is 11.3 Å². The first-order chi connectivity index (χ1) is 7.65. The second-order valence-corrected chi connectivity index (χ2v) is 4.51. The van der Waals surface area contributed by atoms with Crippen molar-refractivity contribution in [3.8, 4) is 0 Å². The molecule has 0 saturated heterocycles. The van der Waals surface area contributed by atoms with E-state index in [2.05, 4.69) is 15.3 Å². The molecule has 0 aromatic carbocycles. The van der Waals surface area contributed by atoms with E-state index in [9.17, 15) is 0 Å². The van der Waals surface area contributed by atoms with Crippen molar-refractivity contribution in [2.24, 2.45) is 5.73 Å². The van der Waals surface area contributed by atoms with Gasteiger partial charge >= 0.3 is 0 Å². The first-order valence-corrected chi connectivity index (χ1v) is 5.89. The summed E-state index contributed by atoms with van der Waals surface area (Å²) in [4.78, 5) is 8.72. The molecule has 16 heavy (non-hydrogen) atoms. The van der Waals surface area contributed by atoms with Gasteiger partial charge in [0.15, 0.2) is 5.13 Å². The largest absolute Gasteiger partial charge is 0.388 e. The van der Waals surface area contributed by atoms with Crippen molar-refractivity contribution in [3.05, 3.63) is 35.1 Å². The predicted octanol–water partition coefficient (Wildman–Crippen LogP) is 2.22. The summed E-state index contributed by atoms with van der Waals surface area (Å²) in [6.45, 7) is 1.95. The van der Waals surface area contributed by atoms with Gasteiger partial charge in [-0.1, -0.05) is 12.2 Å². The fourth-order valence-electron chi connectivity index (χ4n) is 1.15. The summed E-state index contributed by atoms with van der Waals surface area (Å²) in [5, 5.41) is 5.99. The molecule has 82 valence electrons. The Bertz CT molecular complexity index is 504. The van der Waals surface area contributed by atoms with E-state index in [1.54, 1.807) is 23.6 Å². The molecule has 0 fully saturated rings. The molecule has 0 aliphatic heterocycles. The zero-order chi connectivity index (χ0) is 11.5. The van der Waals surface area contributed by atoms with Gasteiger partial charge in [-0.2, -0.15) is 0 Å². The molecule has 0 atom stereocenters. The van der Waals surface area contributed by atoms with Gasteiger partial charge in [-0.3, -0.25) is 4.98 Å². The van der Waals surface area contributed by atoms with Crippen molar-refractivity contribution in [1.82, 2.24) is 9.97 Å². The molecule has 0 spiro atoms. The fraction of sp³-hybridized carbons (Fsp3) is 0.100. The smallest absolute Gasteiger partial charge is 0.187 e. The molecule has 0 aliphatic rings. The van der Waals surface area contributed by atoms with Gasteiger partial charge < -0.3 is 11.1 Å². The molecule has 0 unspecified atom stereocenters. The van der Waals surface area contributed by atoms with Crippen LogP contribution in [0.5, 0.6) is 0 Å². The zero-order valence-electron chi connectivity index (χ0n) is 8.60. The normalized spacial score (nSPS) is 10.1. The summed E-state index contributed by atoms with van der Waals surface area (Å²) in [6.07, 6.45) is 1.69. The molecule has 3 N–H and O–H groups in total. The number of hydrogen-bond donors (Lipinski definition) is 2. The Morgan fingerprint density at radius 3 is 2.81 bits per heavy atom. The highest BCUT2D eigenvalue weighted by Gasteiger charge is 2.01. The standard InChI is InChI=1S/C10H10N4S2/c1-6-5-16-10(13-6)14-7-2-3-8(9(11)15)12-4-7/h2-5H,1H3,(H2,11,15)(H,13,14). The molecule has 4 nitrogen and oxygen atoms in total. The van der Waals surface area contributed by atoms with Crippen molar-refractivity contribution >= 4 is 39.4 Å². The molecule has 2 aromatic rings. The van der Waals surface area contributed by atoms with Gasteiger partial charge in [0, 0.05) is 5.38 Å². The summed E-state index contributed by atoms with van der Waals surface area (Å²) in [6, 6.07) is 3.66. The van der Waals surface area contributed by atoms with Crippen molar-refractivity contribution in [3.63, 3.8) is 0 Å². The van der Waals surface area contributed by atoms with Crippen LogP contribution in [0.4, 0.5) is 10.8 Å². The maximum atomic E-state index is 5.46. The van der Waals surface area contributed by atoms with Gasteiger partial charge in [-0.25, -0.2) is 4.98 Å². The van der Waals surface area contributed by atoms with Crippen LogP contribution in [0, 0.1) is 6.92 Å². The average molecular weight is 250 g/mol. The van der Waals surface area contributed by atoms with Crippen LogP contribution in [0.3, 0.4) is 0 Å². The van der Waals surface area contributed by atoms with Gasteiger partial charge in [0.1, 0.15) is 4.99 Å². The minimum atomic E-state index is 0.302. The lowest BCUT2D eigenvalue weighted by Crippen LogP contribution is -2.11. The summed E-state index contributed by atoms with van der Waals surface area (Å²) in [5.74, 6) is 0. The highest BCUT2D eigenvalue weighted by atomic mass is 32.1. The SMILES string of the molecule is Cc1csc(Nc2ccc(C(N)=S)nc2)n1. The number of nitrogens with one attached hydrogen (secondary N) is 1. The second-order valence-electron chi connectivity index (χ2n) is 3.22. The molecular weight excluding hydrogens is 240 g/mol. The number of aromatic nitrogens is 2. The van der Waals surface area contributed by atoms with E-state index in [-0.39, 0.29) is 0 Å². The summed E-state index contributed by atoms with van der Waals surface area (Å²) in [5.41, 5.74) is 7.95. The maximum absolute atomic E-state index is 5.46. The molecule has 0 aliphatic carbocycles. The predicted molar refractivity (Wildman–Crippen MR) is 70.3 cm³/mol. The van der Waals surface area contributed by atoms with E-state index >= 15 is 0 Å². The molecule has 6 heteroatoms. The van der Waals surface area contributed by atoms with Crippen LogP contribution in [0.2, 0.25) is 0 Å². The van der Waals surface area contributed by atoms with Crippen LogP contribution in [-0.2, 0) is 0 Å². The quantitative estimate of drug-likeness (QED) is 0.818. The van der Waals surface area contributed by atoms with Gasteiger partial charge in [-0.05, 0) is 19.1 Å². The third-order valence-electron chi connectivity index (χ3n) is 1.89. The number of nitrogens with two attached hydrogens (primary N) is 1. The lowest BCUT2D eigenvalue weighted by atomic mass is 10.3.